The van der Waals surface area contributed by atoms with Crippen LogP contribution < -0.4 is 15.7 Å². The summed E-state index contributed by atoms with van der Waals surface area (Å²) in [6.45, 7) is 2.02. The summed E-state index contributed by atoms with van der Waals surface area (Å²) in [4.78, 5) is 23.4. The molecule has 0 aliphatic carbocycles. The molecule has 1 heterocycles. The van der Waals surface area contributed by atoms with Gasteiger partial charge in [0, 0.05) is 28.8 Å². The third-order valence-electron chi connectivity index (χ3n) is 3.63. The summed E-state index contributed by atoms with van der Waals surface area (Å²) in [5.74, 6) is 0.0556. The van der Waals surface area contributed by atoms with Crippen molar-refractivity contribution in [2.24, 2.45) is 0 Å². The highest BCUT2D eigenvalue weighted by Gasteiger charge is 2.10. The molecule has 8 heteroatoms. The average molecular weight is 436 g/mol. The lowest BCUT2D eigenvalue weighted by atomic mass is 10.1. The van der Waals surface area contributed by atoms with Gasteiger partial charge in [-0.25, -0.2) is 14.0 Å². The number of carbonyl (C=O) groups excluding carboxylic acids is 1. The van der Waals surface area contributed by atoms with Crippen LogP contribution in [0.3, 0.4) is 0 Å². The second-order valence-electron chi connectivity index (χ2n) is 5.51. The minimum Gasteiger partial charge on any atom is -0.488 e. The van der Waals surface area contributed by atoms with E-state index in [9.17, 15) is 14.0 Å². The Bertz CT molecular complexity index is 1050. The quantitative estimate of drug-likeness (QED) is 0.580. The molecular formula is C19H15BrFNO5. The van der Waals surface area contributed by atoms with E-state index in [1.54, 1.807) is 19.1 Å². The Balaban J connectivity index is 1.87. The van der Waals surface area contributed by atoms with Crippen molar-refractivity contribution >= 4 is 38.7 Å². The molecule has 140 valence electrons. The van der Waals surface area contributed by atoms with Crippen LogP contribution in [0.4, 0.5) is 14.9 Å². The van der Waals surface area contributed by atoms with Crippen LogP contribution in [0.1, 0.15) is 12.5 Å². The highest BCUT2D eigenvalue weighted by molar-refractivity contribution is 9.10. The third kappa shape index (κ3) is 4.65. The second-order valence-corrected chi connectivity index (χ2v) is 6.36. The first-order valence-electron chi connectivity index (χ1n) is 8.04. The number of rotatable bonds is 5. The maximum atomic E-state index is 13.2. The van der Waals surface area contributed by atoms with Crippen molar-refractivity contribution in [3.8, 4) is 5.75 Å². The number of amides is 1. The van der Waals surface area contributed by atoms with Crippen LogP contribution in [-0.2, 0) is 11.3 Å². The first kappa shape index (κ1) is 18.9. The smallest absolute Gasteiger partial charge is 0.411 e. The van der Waals surface area contributed by atoms with Gasteiger partial charge < -0.3 is 13.9 Å². The third-order valence-corrected chi connectivity index (χ3v) is 4.25. The summed E-state index contributed by atoms with van der Waals surface area (Å²) in [6.07, 6.45) is -0.597. The van der Waals surface area contributed by atoms with Crippen molar-refractivity contribution in [2.75, 3.05) is 11.9 Å². The first-order valence-corrected chi connectivity index (χ1v) is 8.84. The molecule has 0 aliphatic rings. The van der Waals surface area contributed by atoms with Crippen LogP contribution in [0.2, 0.25) is 0 Å². The zero-order chi connectivity index (χ0) is 19.4. The molecule has 3 aromatic rings. The molecule has 3 rings (SSSR count). The molecular weight excluding hydrogens is 421 g/mol. The highest BCUT2D eigenvalue weighted by atomic mass is 79.9. The largest absolute Gasteiger partial charge is 0.488 e. The van der Waals surface area contributed by atoms with E-state index in [2.05, 4.69) is 21.2 Å². The zero-order valence-electron chi connectivity index (χ0n) is 14.3. The predicted molar refractivity (Wildman–Crippen MR) is 102 cm³/mol. The molecule has 0 atom stereocenters. The summed E-state index contributed by atoms with van der Waals surface area (Å²) in [5.41, 5.74) is 0.782. The Morgan fingerprint density at radius 3 is 2.78 bits per heavy atom. The first-order chi connectivity index (χ1) is 13.0. The molecule has 0 bridgehead atoms. The minimum atomic E-state index is -0.597. The van der Waals surface area contributed by atoms with Gasteiger partial charge in [-0.3, -0.25) is 5.32 Å². The van der Waals surface area contributed by atoms with Crippen LogP contribution in [-0.4, -0.2) is 12.7 Å². The molecule has 0 saturated heterocycles. The van der Waals surface area contributed by atoms with Crippen LogP contribution in [0.15, 0.2) is 56.1 Å². The monoisotopic (exact) mass is 435 g/mol. The number of anilines is 1. The number of nitrogens with one attached hydrogen (secondary N) is 1. The summed E-state index contributed by atoms with van der Waals surface area (Å²) < 4.78 is 29.4. The van der Waals surface area contributed by atoms with E-state index in [0.29, 0.717) is 32.4 Å². The van der Waals surface area contributed by atoms with Gasteiger partial charge in [0.15, 0.2) is 0 Å². The molecule has 0 spiro atoms. The van der Waals surface area contributed by atoms with Crippen molar-refractivity contribution in [2.45, 2.75) is 13.5 Å². The summed E-state index contributed by atoms with van der Waals surface area (Å²) in [6, 6.07) is 10.3. The van der Waals surface area contributed by atoms with Gasteiger partial charge in [-0.15, -0.1) is 0 Å². The van der Waals surface area contributed by atoms with Crippen LogP contribution in [0, 0.1) is 5.82 Å². The van der Waals surface area contributed by atoms with Crippen LogP contribution in [0.25, 0.3) is 11.0 Å². The normalized spacial score (nSPS) is 10.6. The van der Waals surface area contributed by atoms with Gasteiger partial charge in [-0.05, 0) is 53.2 Å². The van der Waals surface area contributed by atoms with Gasteiger partial charge in [0.2, 0.25) is 0 Å². The Labute approximate surface area is 162 Å². The molecule has 0 unspecified atom stereocenters. The molecule has 27 heavy (non-hydrogen) atoms. The Morgan fingerprint density at radius 1 is 1.22 bits per heavy atom. The van der Waals surface area contributed by atoms with E-state index in [1.165, 1.54) is 30.3 Å². The topological polar surface area (TPSA) is 77.8 Å². The number of benzene rings is 2. The lowest BCUT2D eigenvalue weighted by Crippen LogP contribution is -2.13. The Morgan fingerprint density at radius 2 is 2.04 bits per heavy atom. The fourth-order valence-electron chi connectivity index (χ4n) is 2.46. The number of hydrogen-bond donors (Lipinski definition) is 1. The number of hydrogen-bond acceptors (Lipinski definition) is 5. The molecule has 2 aromatic carbocycles. The van der Waals surface area contributed by atoms with E-state index in [0.717, 1.165) is 0 Å². The highest BCUT2D eigenvalue weighted by Crippen LogP contribution is 2.28. The molecule has 0 fully saturated rings. The van der Waals surface area contributed by atoms with E-state index < -0.39 is 11.7 Å². The number of halogens is 2. The second kappa shape index (κ2) is 8.22. The Kier molecular flexibility index (Phi) is 5.75. The van der Waals surface area contributed by atoms with E-state index in [-0.39, 0.29) is 19.0 Å². The van der Waals surface area contributed by atoms with Crippen molar-refractivity contribution in [3.63, 3.8) is 0 Å². The maximum absolute atomic E-state index is 13.2. The predicted octanol–water partition coefficient (Wildman–Crippen LogP) is 4.84. The molecule has 0 radical (unpaired) electrons. The summed E-state index contributed by atoms with van der Waals surface area (Å²) in [7, 11) is 0. The van der Waals surface area contributed by atoms with Crippen LogP contribution in [0.5, 0.6) is 5.75 Å². The standard InChI is InChI=1S/C19H15BrFNO5/c1-2-25-19(24)22-13-4-5-14-11(7-18(23)27-17(14)9-13)10-26-16-6-3-12(21)8-15(16)20/h3-9H,2,10H2,1H3,(H,22,24). The van der Waals surface area contributed by atoms with Gasteiger partial charge in [-0.1, -0.05) is 0 Å². The lowest BCUT2D eigenvalue weighted by Gasteiger charge is -2.11. The maximum Gasteiger partial charge on any atom is 0.411 e. The van der Waals surface area contributed by atoms with Crippen LogP contribution >= 0.6 is 15.9 Å². The molecule has 1 aromatic heterocycles. The van der Waals surface area contributed by atoms with E-state index in [1.807, 2.05) is 0 Å². The van der Waals surface area contributed by atoms with Gasteiger partial charge in [-0.2, -0.15) is 0 Å². The zero-order valence-corrected chi connectivity index (χ0v) is 15.8. The minimum absolute atomic E-state index is 0.0803. The SMILES string of the molecule is CCOC(=O)Nc1ccc2c(COc3ccc(F)cc3Br)cc(=O)oc2c1. The fraction of sp³-hybridized carbons (Fsp3) is 0.158. The number of carbonyl (C=O) groups is 1. The molecule has 1 amide bonds. The van der Waals surface area contributed by atoms with E-state index in [4.69, 9.17) is 13.9 Å². The molecule has 1 N–H and O–H groups in total. The van der Waals surface area contributed by atoms with Crippen molar-refractivity contribution in [1.82, 2.24) is 0 Å². The molecule has 0 aliphatic heterocycles. The van der Waals surface area contributed by atoms with Crippen molar-refractivity contribution < 1.29 is 23.1 Å². The average Bonchev–Trinajstić information content (AvgIpc) is 2.60. The van der Waals surface area contributed by atoms with Gasteiger partial charge >= 0.3 is 11.7 Å². The summed E-state index contributed by atoms with van der Waals surface area (Å²) >= 11 is 3.23. The molecule has 0 saturated carbocycles. The Hall–Kier alpha value is -2.87. The van der Waals surface area contributed by atoms with Crippen molar-refractivity contribution in [3.05, 3.63) is 68.7 Å². The van der Waals surface area contributed by atoms with Gasteiger partial charge in [0.25, 0.3) is 0 Å². The van der Waals surface area contributed by atoms with Crippen molar-refractivity contribution in [1.29, 1.82) is 0 Å². The summed E-state index contributed by atoms with van der Waals surface area (Å²) in [5, 5.41) is 3.20. The number of ether oxygens (including phenoxy) is 2. The van der Waals surface area contributed by atoms with E-state index >= 15 is 0 Å². The van der Waals surface area contributed by atoms with Gasteiger partial charge in [0.1, 0.15) is 23.8 Å². The molecule has 6 nitrogen and oxygen atoms in total. The lowest BCUT2D eigenvalue weighted by molar-refractivity contribution is 0.168. The van der Waals surface area contributed by atoms with Gasteiger partial charge in [0.05, 0.1) is 11.1 Å². The fourth-order valence-corrected chi connectivity index (χ4v) is 2.93. The number of fused-ring (bicyclic) bond motifs is 1.